The van der Waals surface area contributed by atoms with Gasteiger partial charge in [-0.05, 0) is 25.1 Å². The van der Waals surface area contributed by atoms with Gasteiger partial charge < -0.3 is 10.1 Å². The molecule has 1 N–H and O–H groups in total. The molecule has 1 rings (SSSR count). The van der Waals surface area contributed by atoms with E-state index >= 15 is 0 Å². The molecule has 0 radical (unpaired) electrons. The minimum Gasteiger partial charge on any atom is -0.404 e. The van der Waals surface area contributed by atoms with Crippen LogP contribution in [0.2, 0.25) is 5.02 Å². The largest absolute Gasteiger partial charge is 0.573 e. The van der Waals surface area contributed by atoms with Gasteiger partial charge in [0.15, 0.2) is 0 Å². The monoisotopic (exact) mass is 239 g/mol. The lowest BCUT2D eigenvalue weighted by atomic mass is 10.3. The molecule has 0 aromatic heterocycles. The van der Waals surface area contributed by atoms with Gasteiger partial charge in [0.1, 0.15) is 5.75 Å². The van der Waals surface area contributed by atoms with Gasteiger partial charge in [-0.15, -0.1) is 13.2 Å². The number of hydrogen-bond acceptors (Lipinski definition) is 2. The molecule has 6 heteroatoms. The first kappa shape index (κ1) is 12.0. The summed E-state index contributed by atoms with van der Waals surface area (Å²) in [4.78, 5) is 0. The molecule has 0 atom stereocenters. The molecule has 0 aliphatic heterocycles. The molecule has 84 valence electrons. The van der Waals surface area contributed by atoms with Gasteiger partial charge in [0.25, 0.3) is 0 Å². The fourth-order valence-electron chi connectivity index (χ4n) is 1.02. The van der Waals surface area contributed by atoms with E-state index in [1.165, 1.54) is 18.2 Å². The maximum absolute atomic E-state index is 11.9. The predicted octanol–water partition coefficient (Wildman–Crippen LogP) is 3.67. The van der Waals surface area contributed by atoms with Crippen LogP contribution in [0.3, 0.4) is 0 Å². The Kier molecular flexibility index (Phi) is 3.68. The van der Waals surface area contributed by atoms with Crippen LogP contribution in [0.1, 0.15) is 6.92 Å². The number of anilines is 1. The molecular weight excluding hydrogens is 231 g/mol. The summed E-state index contributed by atoms with van der Waals surface area (Å²) in [6, 6.07) is 4.02. The van der Waals surface area contributed by atoms with Gasteiger partial charge in [0.2, 0.25) is 0 Å². The molecular formula is C9H9ClF3NO. The third kappa shape index (κ3) is 3.87. The Morgan fingerprint density at radius 3 is 2.53 bits per heavy atom. The minimum atomic E-state index is -4.72. The molecule has 0 amide bonds. The van der Waals surface area contributed by atoms with Crippen LogP contribution in [0.4, 0.5) is 18.9 Å². The highest BCUT2D eigenvalue weighted by molar-refractivity contribution is 6.32. The Balaban J connectivity index is 2.84. The zero-order valence-corrected chi connectivity index (χ0v) is 8.62. The van der Waals surface area contributed by atoms with E-state index in [-0.39, 0.29) is 5.02 Å². The summed E-state index contributed by atoms with van der Waals surface area (Å²) in [5.74, 6) is -0.397. The molecule has 0 aliphatic rings. The van der Waals surface area contributed by atoms with Crippen LogP contribution in [0.25, 0.3) is 0 Å². The van der Waals surface area contributed by atoms with E-state index in [2.05, 4.69) is 10.1 Å². The lowest BCUT2D eigenvalue weighted by molar-refractivity contribution is -0.274. The van der Waals surface area contributed by atoms with Crippen molar-refractivity contribution in [2.24, 2.45) is 0 Å². The number of nitrogens with one attached hydrogen (secondary N) is 1. The smallest absolute Gasteiger partial charge is 0.404 e. The van der Waals surface area contributed by atoms with E-state index < -0.39 is 12.1 Å². The van der Waals surface area contributed by atoms with Crippen LogP contribution in [0.15, 0.2) is 18.2 Å². The van der Waals surface area contributed by atoms with Crippen LogP contribution < -0.4 is 10.1 Å². The summed E-state index contributed by atoms with van der Waals surface area (Å²) in [6.45, 7) is 2.53. The van der Waals surface area contributed by atoms with Gasteiger partial charge in [-0.25, -0.2) is 0 Å². The summed E-state index contributed by atoms with van der Waals surface area (Å²) in [5, 5.41) is 2.84. The summed E-state index contributed by atoms with van der Waals surface area (Å²) >= 11 is 5.61. The second-order valence-electron chi connectivity index (χ2n) is 2.72. The molecule has 0 saturated carbocycles. The lowest BCUT2D eigenvalue weighted by Gasteiger charge is -2.11. The Bertz CT molecular complexity index is 341. The fraction of sp³-hybridized carbons (Fsp3) is 0.333. The Morgan fingerprint density at radius 2 is 2.07 bits per heavy atom. The van der Waals surface area contributed by atoms with Gasteiger partial charge in [0.05, 0.1) is 5.02 Å². The first-order chi connectivity index (χ1) is 6.92. The zero-order chi connectivity index (χ0) is 11.5. The third-order valence-electron chi connectivity index (χ3n) is 1.54. The molecule has 0 unspecified atom stereocenters. The highest BCUT2D eigenvalue weighted by atomic mass is 35.5. The maximum atomic E-state index is 11.9. The summed E-state index contributed by atoms with van der Waals surface area (Å²) in [6.07, 6.45) is -4.72. The topological polar surface area (TPSA) is 21.3 Å². The molecule has 0 spiro atoms. The number of rotatable bonds is 3. The number of ether oxygens (including phenoxy) is 1. The second kappa shape index (κ2) is 4.61. The first-order valence-corrected chi connectivity index (χ1v) is 4.59. The lowest BCUT2D eigenvalue weighted by Crippen LogP contribution is -2.17. The highest BCUT2D eigenvalue weighted by Crippen LogP contribution is 2.31. The van der Waals surface area contributed by atoms with Gasteiger partial charge in [-0.2, -0.15) is 0 Å². The van der Waals surface area contributed by atoms with Crippen LogP contribution in [-0.4, -0.2) is 12.9 Å². The van der Waals surface area contributed by atoms with Gasteiger partial charge >= 0.3 is 6.36 Å². The molecule has 0 fully saturated rings. The van der Waals surface area contributed by atoms with Crippen molar-refractivity contribution in [2.45, 2.75) is 13.3 Å². The van der Waals surface area contributed by atoms with Crippen LogP contribution >= 0.6 is 11.6 Å². The summed E-state index contributed by atoms with van der Waals surface area (Å²) < 4.78 is 39.3. The molecule has 0 aliphatic carbocycles. The standard InChI is InChI=1S/C9H9ClF3NO/c1-2-14-6-3-4-8(7(10)5-6)15-9(11,12)13/h3-5,14H,2H2,1H3. The van der Waals surface area contributed by atoms with E-state index in [1.807, 2.05) is 6.92 Å². The SMILES string of the molecule is CCNc1ccc(OC(F)(F)F)c(Cl)c1. The van der Waals surface area contributed by atoms with E-state index in [4.69, 9.17) is 11.6 Å². The molecule has 0 bridgehead atoms. The van der Waals surface area contributed by atoms with Crippen molar-refractivity contribution in [1.82, 2.24) is 0 Å². The van der Waals surface area contributed by atoms with E-state index in [0.29, 0.717) is 12.2 Å². The molecule has 15 heavy (non-hydrogen) atoms. The number of halogens is 4. The van der Waals surface area contributed by atoms with Crippen molar-refractivity contribution in [2.75, 3.05) is 11.9 Å². The Labute approximate surface area is 90.0 Å². The van der Waals surface area contributed by atoms with Gasteiger partial charge in [-0.1, -0.05) is 11.6 Å². The molecule has 1 aromatic rings. The normalized spacial score (nSPS) is 11.3. The van der Waals surface area contributed by atoms with Crippen molar-refractivity contribution >= 4 is 17.3 Å². The average Bonchev–Trinajstić information content (AvgIpc) is 2.08. The van der Waals surface area contributed by atoms with Crippen molar-refractivity contribution in [1.29, 1.82) is 0 Å². The molecule has 0 heterocycles. The number of alkyl halides is 3. The maximum Gasteiger partial charge on any atom is 0.573 e. The Morgan fingerprint density at radius 1 is 1.40 bits per heavy atom. The quantitative estimate of drug-likeness (QED) is 0.869. The van der Waals surface area contributed by atoms with E-state index in [1.54, 1.807) is 0 Å². The fourth-order valence-corrected chi connectivity index (χ4v) is 1.24. The minimum absolute atomic E-state index is 0.0780. The summed E-state index contributed by atoms with van der Waals surface area (Å²) in [5.41, 5.74) is 0.650. The van der Waals surface area contributed by atoms with Crippen molar-refractivity contribution < 1.29 is 17.9 Å². The van der Waals surface area contributed by atoms with E-state index in [0.717, 1.165) is 0 Å². The van der Waals surface area contributed by atoms with Gasteiger partial charge in [0, 0.05) is 12.2 Å². The van der Waals surface area contributed by atoms with Crippen LogP contribution in [0, 0.1) is 0 Å². The van der Waals surface area contributed by atoms with E-state index in [9.17, 15) is 13.2 Å². The Hall–Kier alpha value is -1.10. The van der Waals surface area contributed by atoms with Crippen LogP contribution in [-0.2, 0) is 0 Å². The molecule has 1 aromatic carbocycles. The first-order valence-electron chi connectivity index (χ1n) is 4.21. The summed E-state index contributed by atoms with van der Waals surface area (Å²) in [7, 11) is 0. The molecule has 0 saturated heterocycles. The third-order valence-corrected chi connectivity index (χ3v) is 1.83. The van der Waals surface area contributed by atoms with Gasteiger partial charge in [-0.3, -0.25) is 0 Å². The zero-order valence-electron chi connectivity index (χ0n) is 7.86. The number of hydrogen-bond donors (Lipinski definition) is 1. The average molecular weight is 240 g/mol. The molecule has 2 nitrogen and oxygen atoms in total. The van der Waals surface area contributed by atoms with Crippen molar-refractivity contribution in [3.8, 4) is 5.75 Å². The van der Waals surface area contributed by atoms with Crippen LogP contribution in [0.5, 0.6) is 5.75 Å². The van der Waals surface area contributed by atoms with Crippen molar-refractivity contribution in [3.63, 3.8) is 0 Å². The highest BCUT2D eigenvalue weighted by Gasteiger charge is 2.31. The number of benzene rings is 1. The predicted molar refractivity (Wildman–Crippen MR) is 52.3 cm³/mol. The van der Waals surface area contributed by atoms with Crippen molar-refractivity contribution in [3.05, 3.63) is 23.2 Å². The second-order valence-corrected chi connectivity index (χ2v) is 3.13.